The van der Waals surface area contributed by atoms with Gasteiger partial charge in [0.1, 0.15) is 5.75 Å². The van der Waals surface area contributed by atoms with Gasteiger partial charge in [0.2, 0.25) is 5.91 Å². The molecule has 0 bridgehead atoms. The van der Waals surface area contributed by atoms with Crippen LogP contribution in [0.2, 0.25) is 0 Å². The second-order valence-corrected chi connectivity index (χ2v) is 7.48. The Morgan fingerprint density at radius 3 is 2.55 bits per heavy atom. The molecule has 1 heterocycles. The van der Waals surface area contributed by atoms with Crippen molar-refractivity contribution in [1.29, 1.82) is 0 Å². The van der Waals surface area contributed by atoms with Crippen LogP contribution in [0, 0.1) is 0 Å². The minimum absolute atomic E-state index is 0. The van der Waals surface area contributed by atoms with E-state index in [1.807, 2.05) is 12.1 Å². The number of methoxy groups -OCH3 is 1. The Morgan fingerprint density at radius 2 is 1.90 bits per heavy atom. The summed E-state index contributed by atoms with van der Waals surface area (Å²) in [6.45, 7) is 3.81. The summed E-state index contributed by atoms with van der Waals surface area (Å²) in [4.78, 5) is 21.2. The standard InChI is InChI=1S/C21H33N5O2.HI/c1-22-21(23-16-20(27)24-17-7-4-3-5-8-17)26-13-11-25(12-14-26)18-9-6-10-19(15-18)28-2;/h6,9-10,15,17H,3-5,7-8,11-14,16H2,1-2H3,(H,22,23)(H,24,27);1H. The predicted molar refractivity (Wildman–Crippen MR) is 129 cm³/mol. The Morgan fingerprint density at radius 1 is 1.17 bits per heavy atom. The molecule has 2 N–H and O–H groups in total. The third-order valence-corrected chi connectivity index (χ3v) is 5.59. The normalized spacial score (nSPS) is 18.1. The van der Waals surface area contributed by atoms with Gasteiger partial charge in [-0.2, -0.15) is 0 Å². The number of piperazine rings is 1. The van der Waals surface area contributed by atoms with Crippen LogP contribution in [0.25, 0.3) is 0 Å². The van der Waals surface area contributed by atoms with Crippen molar-refractivity contribution < 1.29 is 9.53 Å². The average molecular weight is 515 g/mol. The lowest BCUT2D eigenvalue weighted by atomic mass is 9.95. The Kier molecular flexibility index (Phi) is 9.83. The van der Waals surface area contributed by atoms with E-state index in [0.29, 0.717) is 6.04 Å². The SMILES string of the molecule is CN=C(NCC(=O)NC1CCCCC1)N1CCN(c2cccc(OC)c2)CC1.I. The number of nitrogens with zero attached hydrogens (tertiary/aromatic N) is 3. The minimum Gasteiger partial charge on any atom is -0.497 e. The number of rotatable bonds is 5. The van der Waals surface area contributed by atoms with Crippen molar-refractivity contribution >= 4 is 41.5 Å². The van der Waals surface area contributed by atoms with Gasteiger partial charge in [-0.1, -0.05) is 25.3 Å². The molecule has 1 aliphatic carbocycles. The predicted octanol–water partition coefficient (Wildman–Crippen LogP) is 2.46. The summed E-state index contributed by atoms with van der Waals surface area (Å²) in [5.74, 6) is 1.73. The number of ether oxygens (including phenoxy) is 1. The maximum atomic E-state index is 12.2. The number of hydrogen-bond donors (Lipinski definition) is 2. The van der Waals surface area contributed by atoms with Gasteiger partial charge in [0.25, 0.3) is 0 Å². The fourth-order valence-electron chi connectivity index (χ4n) is 4.00. The summed E-state index contributed by atoms with van der Waals surface area (Å²) in [6, 6.07) is 8.51. The first kappa shape index (κ1) is 23.6. The van der Waals surface area contributed by atoms with Gasteiger partial charge in [0.15, 0.2) is 5.96 Å². The fraction of sp³-hybridized carbons (Fsp3) is 0.619. The van der Waals surface area contributed by atoms with E-state index >= 15 is 0 Å². The molecule has 0 atom stereocenters. The van der Waals surface area contributed by atoms with Crippen molar-refractivity contribution in [3.63, 3.8) is 0 Å². The maximum absolute atomic E-state index is 12.2. The third kappa shape index (κ3) is 6.94. The molecule has 1 saturated heterocycles. The van der Waals surface area contributed by atoms with E-state index in [2.05, 4.69) is 37.6 Å². The zero-order valence-electron chi connectivity index (χ0n) is 17.5. The molecule has 7 nitrogen and oxygen atoms in total. The van der Waals surface area contributed by atoms with Gasteiger partial charge >= 0.3 is 0 Å². The minimum atomic E-state index is 0. The highest BCUT2D eigenvalue weighted by molar-refractivity contribution is 14.0. The van der Waals surface area contributed by atoms with Crippen LogP contribution in [0.5, 0.6) is 5.75 Å². The molecule has 162 valence electrons. The van der Waals surface area contributed by atoms with Crippen molar-refractivity contribution in [1.82, 2.24) is 15.5 Å². The van der Waals surface area contributed by atoms with Gasteiger partial charge in [-0.3, -0.25) is 9.79 Å². The molecule has 3 rings (SSSR count). The molecule has 0 aromatic heterocycles. The zero-order valence-corrected chi connectivity index (χ0v) is 19.9. The first-order valence-electron chi connectivity index (χ1n) is 10.3. The monoisotopic (exact) mass is 515 g/mol. The number of hydrogen-bond acceptors (Lipinski definition) is 4. The van der Waals surface area contributed by atoms with Crippen LogP contribution in [0.15, 0.2) is 29.3 Å². The summed E-state index contributed by atoms with van der Waals surface area (Å²) in [5.41, 5.74) is 1.17. The Bertz CT molecular complexity index is 671. The number of anilines is 1. The molecular weight excluding hydrogens is 481 g/mol. The topological polar surface area (TPSA) is 69.2 Å². The molecule has 1 saturated carbocycles. The lowest BCUT2D eigenvalue weighted by Gasteiger charge is -2.37. The highest BCUT2D eigenvalue weighted by atomic mass is 127. The van der Waals surface area contributed by atoms with Crippen LogP contribution in [-0.4, -0.2) is 69.7 Å². The Balaban J connectivity index is 0.00000300. The molecule has 2 fully saturated rings. The highest BCUT2D eigenvalue weighted by Gasteiger charge is 2.21. The molecule has 1 aromatic carbocycles. The molecule has 29 heavy (non-hydrogen) atoms. The van der Waals surface area contributed by atoms with Crippen molar-refractivity contribution in [2.24, 2.45) is 4.99 Å². The van der Waals surface area contributed by atoms with Crippen molar-refractivity contribution in [3.8, 4) is 5.75 Å². The van der Waals surface area contributed by atoms with E-state index in [1.54, 1.807) is 14.2 Å². The largest absolute Gasteiger partial charge is 0.497 e. The van der Waals surface area contributed by atoms with Gasteiger partial charge in [-0.25, -0.2) is 0 Å². The van der Waals surface area contributed by atoms with Crippen LogP contribution in [0.3, 0.4) is 0 Å². The van der Waals surface area contributed by atoms with Crippen LogP contribution >= 0.6 is 24.0 Å². The van der Waals surface area contributed by atoms with Crippen molar-refractivity contribution in [2.45, 2.75) is 38.1 Å². The number of amides is 1. The van der Waals surface area contributed by atoms with Crippen LogP contribution in [0.4, 0.5) is 5.69 Å². The summed E-state index contributed by atoms with van der Waals surface area (Å²) < 4.78 is 5.33. The number of guanidine groups is 1. The second kappa shape index (κ2) is 12.1. The molecule has 1 aromatic rings. The van der Waals surface area contributed by atoms with Gasteiger partial charge in [0, 0.05) is 51.0 Å². The molecule has 8 heteroatoms. The lowest BCUT2D eigenvalue weighted by molar-refractivity contribution is -0.120. The van der Waals surface area contributed by atoms with E-state index in [9.17, 15) is 4.79 Å². The molecule has 0 radical (unpaired) electrons. The Hall–Kier alpha value is -1.71. The van der Waals surface area contributed by atoms with E-state index in [-0.39, 0.29) is 36.4 Å². The number of halogens is 1. The number of nitrogens with one attached hydrogen (secondary N) is 2. The first-order chi connectivity index (χ1) is 13.7. The van der Waals surface area contributed by atoms with Crippen LogP contribution < -0.4 is 20.3 Å². The van der Waals surface area contributed by atoms with E-state index in [4.69, 9.17) is 4.74 Å². The van der Waals surface area contributed by atoms with Gasteiger partial charge in [0.05, 0.1) is 13.7 Å². The van der Waals surface area contributed by atoms with Crippen LogP contribution in [-0.2, 0) is 4.79 Å². The van der Waals surface area contributed by atoms with E-state index in [0.717, 1.165) is 50.7 Å². The smallest absolute Gasteiger partial charge is 0.239 e. The number of carbonyl (C=O) groups excluding carboxylic acids is 1. The second-order valence-electron chi connectivity index (χ2n) is 7.48. The maximum Gasteiger partial charge on any atom is 0.239 e. The summed E-state index contributed by atoms with van der Waals surface area (Å²) in [6.07, 6.45) is 5.94. The highest BCUT2D eigenvalue weighted by Crippen LogP contribution is 2.22. The van der Waals surface area contributed by atoms with E-state index < -0.39 is 0 Å². The molecule has 0 spiro atoms. The quantitative estimate of drug-likeness (QED) is 0.359. The molecule has 2 aliphatic rings. The molecule has 1 amide bonds. The molecular formula is C21H34IN5O2. The zero-order chi connectivity index (χ0) is 19.8. The number of benzene rings is 1. The summed E-state index contributed by atoms with van der Waals surface area (Å²) >= 11 is 0. The van der Waals surface area contributed by atoms with Gasteiger partial charge in [-0.05, 0) is 25.0 Å². The first-order valence-corrected chi connectivity index (χ1v) is 10.3. The van der Waals surface area contributed by atoms with Gasteiger partial charge in [-0.15, -0.1) is 24.0 Å². The van der Waals surface area contributed by atoms with Crippen molar-refractivity contribution in [3.05, 3.63) is 24.3 Å². The number of carbonyl (C=O) groups is 1. The fourth-order valence-corrected chi connectivity index (χ4v) is 4.00. The average Bonchev–Trinajstić information content (AvgIpc) is 2.75. The molecule has 1 aliphatic heterocycles. The van der Waals surface area contributed by atoms with E-state index in [1.165, 1.54) is 24.9 Å². The Labute approximate surface area is 191 Å². The summed E-state index contributed by atoms with van der Waals surface area (Å²) in [7, 11) is 3.47. The third-order valence-electron chi connectivity index (χ3n) is 5.59. The van der Waals surface area contributed by atoms with Crippen LogP contribution in [0.1, 0.15) is 32.1 Å². The lowest BCUT2D eigenvalue weighted by Crippen LogP contribution is -2.54. The van der Waals surface area contributed by atoms with Crippen molar-refractivity contribution in [2.75, 3.05) is 51.8 Å². The summed E-state index contributed by atoms with van der Waals surface area (Å²) in [5, 5.41) is 6.37. The van der Waals surface area contributed by atoms with Gasteiger partial charge < -0.3 is 25.2 Å². The number of aliphatic imine (C=N–C) groups is 1. The molecule has 0 unspecified atom stereocenters.